The Hall–Kier alpha value is -0.790. The summed E-state index contributed by atoms with van der Waals surface area (Å²) in [5, 5.41) is 2.64. The molecule has 4 nitrogen and oxygen atoms in total. The standard InChI is InChI=1S/C14H14Br2N2O2S/c1-4-20-13(19)14(2,3)10-7-21-12(18-10)11-9(16)5-8(15)6-17-11/h5-7H,4H2,1-3H3. The first kappa shape index (κ1) is 16.6. The zero-order valence-electron chi connectivity index (χ0n) is 11.8. The molecule has 0 fully saturated rings. The minimum Gasteiger partial charge on any atom is -0.465 e. The highest BCUT2D eigenvalue weighted by Crippen LogP contribution is 2.34. The minimum atomic E-state index is -0.771. The van der Waals surface area contributed by atoms with Crippen molar-refractivity contribution in [3.63, 3.8) is 0 Å². The summed E-state index contributed by atoms with van der Waals surface area (Å²) in [6.45, 7) is 5.78. The lowest BCUT2D eigenvalue weighted by Crippen LogP contribution is -2.31. The lowest BCUT2D eigenvalue weighted by atomic mass is 9.90. The van der Waals surface area contributed by atoms with E-state index in [1.165, 1.54) is 11.3 Å². The molecule has 0 aliphatic rings. The number of aromatic nitrogens is 2. The zero-order chi connectivity index (χ0) is 15.6. The Bertz CT molecular complexity index is 671. The van der Waals surface area contributed by atoms with Crippen molar-refractivity contribution >= 4 is 49.2 Å². The SMILES string of the molecule is CCOC(=O)C(C)(C)c1csc(-c2ncc(Br)cc2Br)n1. The van der Waals surface area contributed by atoms with Crippen molar-refractivity contribution < 1.29 is 9.53 Å². The molecular weight excluding hydrogens is 420 g/mol. The summed E-state index contributed by atoms with van der Waals surface area (Å²) < 4.78 is 6.85. The first-order valence-corrected chi connectivity index (χ1v) is 8.77. The summed E-state index contributed by atoms with van der Waals surface area (Å²) in [5.74, 6) is -0.273. The van der Waals surface area contributed by atoms with Gasteiger partial charge in [-0.3, -0.25) is 9.78 Å². The lowest BCUT2D eigenvalue weighted by molar-refractivity contribution is -0.148. The molecule has 0 saturated heterocycles. The molecule has 0 amide bonds. The third-order valence-corrected chi connectivity index (χ3v) is 4.83. The number of hydrogen-bond acceptors (Lipinski definition) is 5. The second kappa shape index (κ2) is 6.54. The number of esters is 1. The van der Waals surface area contributed by atoms with Gasteiger partial charge < -0.3 is 4.74 Å². The van der Waals surface area contributed by atoms with Gasteiger partial charge in [0.05, 0.1) is 12.3 Å². The van der Waals surface area contributed by atoms with Gasteiger partial charge in [-0.25, -0.2) is 4.98 Å². The molecule has 0 saturated carbocycles. The van der Waals surface area contributed by atoms with Crippen molar-refractivity contribution in [3.05, 3.63) is 32.3 Å². The summed E-state index contributed by atoms with van der Waals surface area (Å²) in [4.78, 5) is 21.0. The van der Waals surface area contributed by atoms with Gasteiger partial charge in [-0.2, -0.15) is 0 Å². The number of carbonyl (C=O) groups excluding carboxylic acids is 1. The predicted molar refractivity (Wildman–Crippen MR) is 90.4 cm³/mol. The molecule has 0 aliphatic carbocycles. The van der Waals surface area contributed by atoms with Crippen LogP contribution >= 0.6 is 43.2 Å². The largest absolute Gasteiger partial charge is 0.465 e. The third kappa shape index (κ3) is 3.52. The molecule has 0 atom stereocenters. The van der Waals surface area contributed by atoms with E-state index in [0.717, 1.165) is 19.6 Å². The predicted octanol–water partition coefficient (Wildman–Crippen LogP) is 4.57. The topological polar surface area (TPSA) is 52.1 Å². The van der Waals surface area contributed by atoms with E-state index in [0.29, 0.717) is 12.3 Å². The fraction of sp³-hybridized carbons (Fsp3) is 0.357. The Morgan fingerprint density at radius 1 is 1.43 bits per heavy atom. The fourth-order valence-corrected chi connectivity index (χ4v) is 3.96. The molecule has 2 heterocycles. The molecule has 0 bridgehead atoms. The van der Waals surface area contributed by atoms with E-state index in [2.05, 4.69) is 41.8 Å². The van der Waals surface area contributed by atoms with Gasteiger partial charge >= 0.3 is 5.97 Å². The van der Waals surface area contributed by atoms with Crippen LogP contribution in [0.4, 0.5) is 0 Å². The maximum atomic E-state index is 12.0. The van der Waals surface area contributed by atoms with E-state index in [1.54, 1.807) is 13.1 Å². The van der Waals surface area contributed by atoms with Gasteiger partial charge in [0.25, 0.3) is 0 Å². The molecule has 112 valence electrons. The molecule has 0 aromatic carbocycles. The van der Waals surface area contributed by atoms with Crippen LogP contribution in [0, 0.1) is 0 Å². The number of hydrogen-bond donors (Lipinski definition) is 0. The minimum absolute atomic E-state index is 0.273. The number of nitrogens with zero attached hydrogens (tertiary/aromatic N) is 2. The first-order chi connectivity index (χ1) is 9.86. The summed E-state index contributed by atoms with van der Waals surface area (Å²) in [5.41, 5.74) is 0.679. The first-order valence-electron chi connectivity index (χ1n) is 6.31. The molecule has 0 spiro atoms. The van der Waals surface area contributed by atoms with Crippen molar-refractivity contribution in [2.45, 2.75) is 26.2 Å². The molecule has 2 rings (SSSR count). The number of ether oxygens (including phenoxy) is 1. The summed E-state index contributed by atoms with van der Waals surface area (Å²) in [6, 6.07) is 1.92. The Labute approximate surface area is 144 Å². The number of rotatable bonds is 4. The highest BCUT2D eigenvalue weighted by atomic mass is 79.9. The monoisotopic (exact) mass is 432 g/mol. The van der Waals surface area contributed by atoms with Crippen molar-refractivity contribution in [2.24, 2.45) is 0 Å². The number of halogens is 2. The van der Waals surface area contributed by atoms with Gasteiger partial charge in [-0.05, 0) is 58.7 Å². The van der Waals surface area contributed by atoms with Gasteiger partial charge in [0.1, 0.15) is 16.1 Å². The number of pyridine rings is 1. The van der Waals surface area contributed by atoms with Crippen molar-refractivity contribution in [1.82, 2.24) is 9.97 Å². The maximum Gasteiger partial charge on any atom is 0.317 e. The van der Waals surface area contributed by atoms with Gasteiger partial charge in [0.15, 0.2) is 0 Å². The summed E-state index contributed by atoms with van der Waals surface area (Å²) >= 11 is 8.31. The molecule has 2 aromatic heterocycles. The molecular formula is C14H14Br2N2O2S. The number of thiazole rings is 1. The molecule has 0 aliphatic heterocycles. The van der Waals surface area contributed by atoms with Crippen LogP contribution in [0.1, 0.15) is 26.5 Å². The van der Waals surface area contributed by atoms with Crippen molar-refractivity contribution in [3.8, 4) is 10.7 Å². The van der Waals surface area contributed by atoms with Gasteiger partial charge in [-0.15, -0.1) is 11.3 Å². The zero-order valence-corrected chi connectivity index (χ0v) is 15.8. The highest BCUT2D eigenvalue weighted by molar-refractivity contribution is 9.11. The fourth-order valence-electron chi connectivity index (χ4n) is 1.66. The van der Waals surface area contributed by atoms with E-state index in [-0.39, 0.29) is 5.97 Å². The van der Waals surface area contributed by atoms with Crippen LogP contribution in [0.15, 0.2) is 26.6 Å². The van der Waals surface area contributed by atoms with Gasteiger partial charge in [0, 0.05) is 20.5 Å². The highest BCUT2D eigenvalue weighted by Gasteiger charge is 2.34. The summed E-state index contributed by atoms with van der Waals surface area (Å²) in [7, 11) is 0. The Morgan fingerprint density at radius 2 is 2.14 bits per heavy atom. The second-order valence-corrected chi connectivity index (χ2v) is 7.50. The van der Waals surface area contributed by atoms with Crippen molar-refractivity contribution in [1.29, 1.82) is 0 Å². The van der Waals surface area contributed by atoms with E-state index in [9.17, 15) is 4.79 Å². The lowest BCUT2D eigenvalue weighted by Gasteiger charge is -2.19. The molecule has 0 N–H and O–H groups in total. The van der Waals surface area contributed by atoms with Crippen LogP contribution < -0.4 is 0 Å². The average Bonchev–Trinajstić information content (AvgIpc) is 2.89. The molecule has 0 unspecified atom stereocenters. The second-order valence-electron chi connectivity index (χ2n) is 4.87. The Morgan fingerprint density at radius 3 is 2.76 bits per heavy atom. The van der Waals surface area contributed by atoms with Crippen LogP contribution in [0.3, 0.4) is 0 Å². The molecule has 7 heteroatoms. The smallest absolute Gasteiger partial charge is 0.317 e. The van der Waals surface area contributed by atoms with E-state index in [1.807, 2.05) is 25.3 Å². The van der Waals surface area contributed by atoms with Gasteiger partial charge in [-0.1, -0.05) is 0 Å². The average molecular weight is 434 g/mol. The maximum absolute atomic E-state index is 12.0. The van der Waals surface area contributed by atoms with Crippen LogP contribution in [0.25, 0.3) is 10.7 Å². The van der Waals surface area contributed by atoms with Crippen LogP contribution in [-0.2, 0) is 14.9 Å². The number of carbonyl (C=O) groups is 1. The Balaban J connectivity index is 2.35. The quantitative estimate of drug-likeness (QED) is 0.662. The molecule has 0 radical (unpaired) electrons. The molecule has 21 heavy (non-hydrogen) atoms. The van der Waals surface area contributed by atoms with Crippen LogP contribution in [0.2, 0.25) is 0 Å². The summed E-state index contributed by atoms with van der Waals surface area (Å²) in [6.07, 6.45) is 1.72. The van der Waals surface area contributed by atoms with E-state index < -0.39 is 5.41 Å². The Kier molecular flexibility index (Phi) is 5.16. The third-order valence-electron chi connectivity index (χ3n) is 2.94. The van der Waals surface area contributed by atoms with Crippen LogP contribution in [0.5, 0.6) is 0 Å². The van der Waals surface area contributed by atoms with Crippen LogP contribution in [-0.4, -0.2) is 22.5 Å². The normalized spacial score (nSPS) is 11.5. The van der Waals surface area contributed by atoms with Gasteiger partial charge in [0.2, 0.25) is 0 Å². The van der Waals surface area contributed by atoms with E-state index >= 15 is 0 Å². The van der Waals surface area contributed by atoms with Crippen molar-refractivity contribution in [2.75, 3.05) is 6.61 Å². The van der Waals surface area contributed by atoms with E-state index in [4.69, 9.17) is 4.74 Å². The molecule has 2 aromatic rings.